The number of halogens is 2. The Morgan fingerprint density at radius 3 is 2.27 bits per heavy atom. The van der Waals surface area contributed by atoms with Crippen molar-refractivity contribution in [2.24, 2.45) is 5.73 Å². The van der Waals surface area contributed by atoms with E-state index in [9.17, 15) is 4.79 Å². The van der Waals surface area contributed by atoms with Crippen molar-refractivity contribution in [3.63, 3.8) is 0 Å². The van der Waals surface area contributed by atoms with E-state index in [1.165, 1.54) is 0 Å². The van der Waals surface area contributed by atoms with Crippen LogP contribution in [0.4, 0.5) is 0 Å². The van der Waals surface area contributed by atoms with Crippen LogP contribution < -0.4 is 5.73 Å². The van der Waals surface area contributed by atoms with Gasteiger partial charge in [0.25, 0.3) is 0 Å². The fourth-order valence-corrected chi connectivity index (χ4v) is 0.986. The first-order valence-electron chi connectivity index (χ1n) is 2.59. The van der Waals surface area contributed by atoms with Crippen molar-refractivity contribution in [1.29, 1.82) is 0 Å². The molecule has 3 nitrogen and oxygen atoms in total. The molecule has 0 saturated heterocycles. The number of thiol groups is 1. The molecule has 0 spiro atoms. The molecule has 0 radical (unpaired) electrons. The average molecular weight is 216 g/mol. The summed E-state index contributed by atoms with van der Waals surface area (Å²) >= 11 is 14.2. The summed E-state index contributed by atoms with van der Waals surface area (Å²) in [4.78, 5) is 10.5. The molecule has 0 aromatic heterocycles. The number of rotatable bonds is 3. The van der Waals surface area contributed by atoms with Crippen molar-refractivity contribution in [2.45, 2.75) is 5.54 Å². The molecule has 0 bridgehead atoms. The maximum Gasteiger partial charge on any atom is 0.328 e. The van der Waals surface area contributed by atoms with Gasteiger partial charge in [-0.3, -0.25) is 0 Å². The zero-order valence-electron chi connectivity index (χ0n) is 5.42. The first kappa shape index (κ1) is 11.1. The SMILES string of the molecule is NC(C=C(Cl)Cl)(CS)C(=O)O. The van der Waals surface area contributed by atoms with Crippen molar-refractivity contribution < 1.29 is 9.90 Å². The molecule has 3 N–H and O–H groups in total. The molecule has 1 unspecified atom stereocenters. The molecule has 0 amide bonds. The molecule has 0 fully saturated rings. The molecule has 0 aliphatic heterocycles. The predicted octanol–water partition coefficient (Wildman–Crippen LogP) is 1.02. The van der Waals surface area contributed by atoms with Gasteiger partial charge in [0.05, 0.1) is 0 Å². The normalized spacial score (nSPS) is 15.3. The zero-order valence-corrected chi connectivity index (χ0v) is 7.83. The Morgan fingerprint density at radius 1 is 1.73 bits per heavy atom. The summed E-state index contributed by atoms with van der Waals surface area (Å²) in [6, 6.07) is 0. The molecular weight excluding hydrogens is 209 g/mol. The minimum absolute atomic E-state index is 0.0642. The van der Waals surface area contributed by atoms with Gasteiger partial charge < -0.3 is 10.8 Å². The molecule has 0 rings (SSSR count). The molecule has 0 aromatic carbocycles. The van der Waals surface area contributed by atoms with Crippen LogP contribution in [0, 0.1) is 0 Å². The van der Waals surface area contributed by atoms with Gasteiger partial charge in [-0.1, -0.05) is 23.2 Å². The van der Waals surface area contributed by atoms with Crippen LogP contribution in [0.2, 0.25) is 0 Å². The second-order valence-electron chi connectivity index (χ2n) is 1.94. The Hall–Kier alpha value is 0.1000. The predicted molar refractivity (Wildman–Crippen MR) is 48.2 cm³/mol. The largest absolute Gasteiger partial charge is 0.480 e. The van der Waals surface area contributed by atoms with Crippen LogP contribution >= 0.6 is 35.8 Å². The second kappa shape index (κ2) is 4.21. The fourth-order valence-electron chi connectivity index (χ4n) is 0.370. The van der Waals surface area contributed by atoms with Gasteiger partial charge in [-0.25, -0.2) is 4.79 Å². The van der Waals surface area contributed by atoms with Gasteiger partial charge in [0, 0.05) is 5.75 Å². The highest BCUT2D eigenvalue weighted by atomic mass is 35.5. The summed E-state index contributed by atoms with van der Waals surface area (Å²) in [6.07, 6.45) is 1.03. The van der Waals surface area contributed by atoms with Crippen molar-refractivity contribution >= 4 is 41.8 Å². The van der Waals surface area contributed by atoms with E-state index >= 15 is 0 Å². The number of hydrogen-bond donors (Lipinski definition) is 3. The lowest BCUT2D eigenvalue weighted by Crippen LogP contribution is -2.48. The third kappa shape index (κ3) is 3.33. The van der Waals surface area contributed by atoms with Gasteiger partial charge in [0.15, 0.2) is 0 Å². The van der Waals surface area contributed by atoms with E-state index in [0.29, 0.717) is 0 Å². The second-order valence-corrected chi connectivity index (χ2v) is 3.26. The highest BCUT2D eigenvalue weighted by Gasteiger charge is 2.30. The maximum absolute atomic E-state index is 10.5. The summed E-state index contributed by atoms with van der Waals surface area (Å²) in [6.45, 7) is 0. The van der Waals surface area contributed by atoms with E-state index in [1.807, 2.05) is 0 Å². The van der Waals surface area contributed by atoms with Crippen molar-refractivity contribution in [3.05, 3.63) is 10.6 Å². The van der Waals surface area contributed by atoms with E-state index in [1.54, 1.807) is 0 Å². The molecule has 0 saturated carbocycles. The third-order valence-corrected chi connectivity index (χ3v) is 1.77. The van der Waals surface area contributed by atoms with Gasteiger partial charge in [-0.2, -0.15) is 12.6 Å². The number of nitrogens with two attached hydrogens (primary N) is 1. The Balaban J connectivity index is 4.62. The van der Waals surface area contributed by atoms with Gasteiger partial charge in [-0.15, -0.1) is 0 Å². The molecule has 1 atom stereocenters. The molecule has 0 heterocycles. The topological polar surface area (TPSA) is 63.3 Å². The molecule has 64 valence electrons. The summed E-state index contributed by atoms with van der Waals surface area (Å²) < 4.78 is -0.177. The van der Waals surface area contributed by atoms with E-state index in [-0.39, 0.29) is 10.2 Å². The van der Waals surface area contributed by atoms with Gasteiger partial charge in [0.2, 0.25) is 0 Å². The summed E-state index contributed by atoms with van der Waals surface area (Å²) in [5.41, 5.74) is 3.74. The number of carboxylic acids is 1. The third-order valence-electron chi connectivity index (χ3n) is 1.03. The smallest absolute Gasteiger partial charge is 0.328 e. The molecule has 11 heavy (non-hydrogen) atoms. The van der Waals surface area contributed by atoms with Crippen molar-refractivity contribution in [1.82, 2.24) is 0 Å². The highest BCUT2D eigenvalue weighted by molar-refractivity contribution is 7.80. The Labute approximate surface area is 79.6 Å². The van der Waals surface area contributed by atoms with Crippen molar-refractivity contribution in [2.75, 3.05) is 5.75 Å². The van der Waals surface area contributed by atoms with Gasteiger partial charge >= 0.3 is 5.97 Å². The number of carbonyl (C=O) groups is 1. The number of carboxylic acid groups (broad SMARTS) is 1. The molecular formula is C5H7Cl2NO2S. The summed E-state index contributed by atoms with van der Waals surface area (Å²) in [7, 11) is 0. The van der Waals surface area contributed by atoms with Crippen LogP contribution in [0.15, 0.2) is 10.6 Å². The maximum atomic E-state index is 10.5. The van der Waals surface area contributed by atoms with E-state index in [2.05, 4.69) is 12.6 Å². The lowest BCUT2D eigenvalue weighted by atomic mass is 10.1. The van der Waals surface area contributed by atoms with E-state index in [0.717, 1.165) is 6.08 Å². The monoisotopic (exact) mass is 215 g/mol. The van der Waals surface area contributed by atoms with Crippen LogP contribution in [0.25, 0.3) is 0 Å². The first-order valence-corrected chi connectivity index (χ1v) is 3.98. The summed E-state index contributed by atoms with van der Waals surface area (Å²) in [5.74, 6) is -1.28. The summed E-state index contributed by atoms with van der Waals surface area (Å²) in [5, 5.41) is 8.55. The number of hydrogen-bond acceptors (Lipinski definition) is 3. The minimum Gasteiger partial charge on any atom is -0.480 e. The van der Waals surface area contributed by atoms with Crippen LogP contribution in [0.3, 0.4) is 0 Å². The minimum atomic E-state index is -1.58. The van der Waals surface area contributed by atoms with E-state index in [4.69, 9.17) is 34.0 Å². The molecule has 0 aliphatic rings. The zero-order chi connectivity index (χ0) is 9.07. The Bertz CT molecular complexity index is 193. The Morgan fingerprint density at radius 2 is 2.18 bits per heavy atom. The fraction of sp³-hybridized carbons (Fsp3) is 0.400. The lowest BCUT2D eigenvalue weighted by molar-refractivity contribution is -0.140. The van der Waals surface area contributed by atoms with Gasteiger partial charge in [-0.05, 0) is 6.08 Å². The molecule has 6 heteroatoms. The standard InChI is InChI=1S/C5H7Cl2NO2S/c6-3(7)1-5(8,2-11)4(9)10/h1,11H,2,8H2,(H,9,10). The molecule has 0 aromatic rings. The average Bonchev–Trinajstić information content (AvgIpc) is 1.86. The van der Waals surface area contributed by atoms with Crippen LogP contribution in [0.5, 0.6) is 0 Å². The van der Waals surface area contributed by atoms with Crippen molar-refractivity contribution in [3.8, 4) is 0 Å². The number of aliphatic carboxylic acids is 1. The van der Waals surface area contributed by atoms with Crippen LogP contribution in [0.1, 0.15) is 0 Å². The Kier molecular flexibility index (Phi) is 4.25. The van der Waals surface area contributed by atoms with E-state index < -0.39 is 11.5 Å². The first-order chi connectivity index (χ1) is 4.92. The van der Waals surface area contributed by atoms with Crippen LogP contribution in [-0.4, -0.2) is 22.4 Å². The van der Waals surface area contributed by atoms with Gasteiger partial charge in [0.1, 0.15) is 10.0 Å². The lowest BCUT2D eigenvalue weighted by Gasteiger charge is -2.16. The molecule has 0 aliphatic carbocycles. The highest BCUT2D eigenvalue weighted by Crippen LogP contribution is 2.14. The van der Waals surface area contributed by atoms with Crippen LogP contribution in [-0.2, 0) is 4.79 Å². The quantitative estimate of drug-likeness (QED) is 0.617.